The van der Waals surface area contributed by atoms with E-state index in [2.05, 4.69) is 5.32 Å². The van der Waals surface area contributed by atoms with Gasteiger partial charge in [0.15, 0.2) is 0 Å². The largest absolute Gasteiger partial charge is 0.401 e. The predicted molar refractivity (Wildman–Crippen MR) is 37.7 cm³/mol. The van der Waals surface area contributed by atoms with Gasteiger partial charge in [-0.2, -0.15) is 13.2 Å². The van der Waals surface area contributed by atoms with Crippen LogP contribution in [0.25, 0.3) is 0 Å². The number of hydrogen-bond donors (Lipinski definition) is 2. The number of halogens is 3. The zero-order valence-corrected chi connectivity index (χ0v) is 6.56. The molecule has 1 atom stereocenters. The second kappa shape index (κ2) is 3.62. The molecule has 72 valence electrons. The van der Waals surface area contributed by atoms with Gasteiger partial charge >= 0.3 is 6.18 Å². The summed E-state index contributed by atoms with van der Waals surface area (Å²) < 4.78 is 35.1. The third kappa shape index (κ3) is 3.40. The van der Waals surface area contributed by atoms with Crippen molar-refractivity contribution in [2.45, 2.75) is 25.1 Å². The van der Waals surface area contributed by atoms with Crippen LogP contribution in [0, 0.1) is 5.92 Å². The summed E-state index contributed by atoms with van der Waals surface area (Å²) in [5.41, 5.74) is 0. The van der Waals surface area contributed by atoms with Crippen LogP contribution in [0.2, 0.25) is 0 Å². The van der Waals surface area contributed by atoms with Crippen molar-refractivity contribution in [3.05, 3.63) is 0 Å². The van der Waals surface area contributed by atoms with Gasteiger partial charge in [0, 0.05) is 6.04 Å². The van der Waals surface area contributed by atoms with E-state index in [0.29, 0.717) is 0 Å². The Hall–Kier alpha value is -0.290. The van der Waals surface area contributed by atoms with E-state index in [1.807, 2.05) is 0 Å². The van der Waals surface area contributed by atoms with Gasteiger partial charge in [0.1, 0.15) is 0 Å². The zero-order valence-electron chi connectivity index (χ0n) is 6.56. The number of nitrogens with one attached hydrogen (secondary N) is 1. The molecule has 1 saturated carbocycles. The summed E-state index contributed by atoms with van der Waals surface area (Å²) in [7, 11) is 0. The number of hydrogen-bond acceptors (Lipinski definition) is 2. The van der Waals surface area contributed by atoms with Crippen LogP contribution < -0.4 is 5.32 Å². The summed E-state index contributed by atoms with van der Waals surface area (Å²) in [5.74, 6) is 0.248. The molecular formula is C7H12F3NO. The van der Waals surface area contributed by atoms with Gasteiger partial charge in [0.25, 0.3) is 0 Å². The van der Waals surface area contributed by atoms with Crippen LogP contribution in [0.5, 0.6) is 0 Å². The zero-order chi connectivity index (χ0) is 9.19. The highest BCUT2D eigenvalue weighted by atomic mass is 19.4. The van der Waals surface area contributed by atoms with E-state index in [0.717, 1.165) is 12.8 Å². The molecule has 0 heterocycles. The first-order chi connectivity index (χ1) is 5.53. The molecule has 0 aromatic rings. The van der Waals surface area contributed by atoms with Crippen molar-refractivity contribution in [1.82, 2.24) is 5.32 Å². The normalized spacial score (nSPS) is 21.0. The molecule has 1 fully saturated rings. The summed E-state index contributed by atoms with van der Waals surface area (Å²) in [5, 5.41) is 11.0. The van der Waals surface area contributed by atoms with E-state index in [9.17, 15) is 13.2 Å². The Morgan fingerprint density at radius 3 is 2.33 bits per heavy atom. The SMILES string of the molecule is OCC(NCC(F)(F)F)C1CC1. The second-order valence-corrected chi connectivity index (χ2v) is 3.12. The molecule has 0 amide bonds. The minimum absolute atomic E-state index is 0.208. The van der Waals surface area contributed by atoms with Crippen LogP contribution in [0.1, 0.15) is 12.8 Å². The summed E-state index contributed by atoms with van der Waals surface area (Å²) in [6.45, 7) is -1.21. The Morgan fingerprint density at radius 2 is 2.00 bits per heavy atom. The van der Waals surface area contributed by atoms with E-state index in [1.165, 1.54) is 0 Å². The minimum Gasteiger partial charge on any atom is -0.395 e. The summed E-state index contributed by atoms with van der Waals surface area (Å²) in [4.78, 5) is 0. The van der Waals surface area contributed by atoms with E-state index in [1.54, 1.807) is 0 Å². The molecule has 12 heavy (non-hydrogen) atoms. The van der Waals surface area contributed by atoms with Crippen molar-refractivity contribution in [3.8, 4) is 0 Å². The molecule has 0 spiro atoms. The molecule has 1 aliphatic rings. The maximum Gasteiger partial charge on any atom is 0.401 e. The fourth-order valence-corrected chi connectivity index (χ4v) is 1.13. The van der Waals surface area contributed by atoms with Gasteiger partial charge in [0.05, 0.1) is 13.2 Å². The molecule has 1 unspecified atom stereocenters. The van der Waals surface area contributed by atoms with Crippen molar-refractivity contribution < 1.29 is 18.3 Å². The maximum absolute atomic E-state index is 11.7. The lowest BCUT2D eigenvalue weighted by Crippen LogP contribution is -2.40. The first-order valence-electron chi connectivity index (χ1n) is 3.94. The van der Waals surface area contributed by atoms with Gasteiger partial charge < -0.3 is 10.4 Å². The second-order valence-electron chi connectivity index (χ2n) is 3.12. The average molecular weight is 183 g/mol. The van der Waals surface area contributed by atoms with Gasteiger partial charge in [-0.15, -0.1) is 0 Å². The van der Waals surface area contributed by atoms with Gasteiger partial charge in [-0.3, -0.25) is 0 Å². The molecule has 0 aliphatic heterocycles. The minimum atomic E-state index is -4.18. The first-order valence-corrected chi connectivity index (χ1v) is 3.94. The van der Waals surface area contributed by atoms with Crippen molar-refractivity contribution >= 4 is 0 Å². The topological polar surface area (TPSA) is 32.3 Å². The van der Waals surface area contributed by atoms with Crippen LogP contribution in [-0.2, 0) is 0 Å². The molecule has 0 aromatic heterocycles. The van der Waals surface area contributed by atoms with Gasteiger partial charge in [-0.25, -0.2) is 0 Å². The Balaban J connectivity index is 2.19. The Bertz CT molecular complexity index is 144. The van der Waals surface area contributed by atoms with Gasteiger partial charge in [-0.1, -0.05) is 0 Å². The summed E-state index contributed by atoms with van der Waals surface area (Å²) in [6, 6.07) is -0.369. The lowest BCUT2D eigenvalue weighted by molar-refractivity contribution is -0.127. The van der Waals surface area contributed by atoms with Gasteiger partial charge in [-0.05, 0) is 18.8 Å². The lowest BCUT2D eigenvalue weighted by Gasteiger charge is -2.16. The number of aliphatic hydroxyl groups is 1. The maximum atomic E-state index is 11.7. The predicted octanol–water partition coefficient (Wildman–Crippen LogP) is 0.909. The standard InChI is InChI=1S/C7H12F3NO/c8-7(9,10)4-11-6(3-12)5-1-2-5/h5-6,11-12H,1-4H2. The molecule has 2 nitrogen and oxygen atoms in total. The van der Waals surface area contributed by atoms with Crippen LogP contribution in [0.3, 0.4) is 0 Å². The van der Waals surface area contributed by atoms with Crippen LogP contribution in [0.15, 0.2) is 0 Å². The Kier molecular flexibility index (Phi) is 2.95. The Labute approximate surface area is 68.8 Å². The molecule has 5 heteroatoms. The molecule has 2 N–H and O–H groups in total. The lowest BCUT2D eigenvalue weighted by atomic mass is 10.2. The summed E-state index contributed by atoms with van der Waals surface area (Å²) >= 11 is 0. The molecule has 0 saturated heterocycles. The molecule has 1 aliphatic carbocycles. The van der Waals surface area contributed by atoms with Gasteiger partial charge in [0.2, 0.25) is 0 Å². The molecule has 0 aromatic carbocycles. The van der Waals surface area contributed by atoms with E-state index in [-0.39, 0.29) is 18.6 Å². The fourth-order valence-electron chi connectivity index (χ4n) is 1.13. The quantitative estimate of drug-likeness (QED) is 0.679. The number of alkyl halides is 3. The molecular weight excluding hydrogens is 171 g/mol. The highest BCUT2D eigenvalue weighted by Gasteiger charge is 2.34. The van der Waals surface area contributed by atoms with Crippen molar-refractivity contribution in [2.75, 3.05) is 13.2 Å². The highest BCUT2D eigenvalue weighted by molar-refractivity contribution is 4.86. The monoisotopic (exact) mass is 183 g/mol. The third-order valence-electron chi connectivity index (χ3n) is 1.95. The molecule has 0 bridgehead atoms. The van der Waals surface area contributed by atoms with Crippen LogP contribution in [0.4, 0.5) is 13.2 Å². The Morgan fingerprint density at radius 1 is 1.42 bits per heavy atom. The van der Waals surface area contributed by atoms with E-state index in [4.69, 9.17) is 5.11 Å². The fraction of sp³-hybridized carbons (Fsp3) is 1.00. The first kappa shape index (κ1) is 9.80. The van der Waals surface area contributed by atoms with Crippen LogP contribution >= 0.6 is 0 Å². The van der Waals surface area contributed by atoms with Crippen LogP contribution in [-0.4, -0.2) is 30.5 Å². The molecule has 1 rings (SSSR count). The van der Waals surface area contributed by atoms with Crippen molar-refractivity contribution in [1.29, 1.82) is 0 Å². The summed E-state index contributed by atoms with van der Waals surface area (Å²) in [6.07, 6.45) is -2.32. The number of rotatable bonds is 4. The average Bonchev–Trinajstić information content (AvgIpc) is 2.70. The third-order valence-corrected chi connectivity index (χ3v) is 1.95. The molecule has 0 radical (unpaired) electrons. The smallest absolute Gasteiger partial charge is 0.395 e. The van der Waals surface area contributed by atoms with Crippen molar-refractivity contribution in [2.24, 2.45) is 5.92 Å². The number of aliphatic hydroxyl groups excluding tert-OH is 1. The van der Waals surface area contributed by atoms with Crippen molar-refractivity contribution in [3.63, 3.8) is 0 Å². The highest BCUT2D eigenvalue weighted by Crippen LogP contribution is 2.32. The van der Waals surface area contributed by atoms with E-state index < -0.39 is 12.7 Å². The van der Waals surface area contributed by atoms with E-state index >= 15 is 0 Å².